The number of pyridine rings is 1. The van der Waals surface area contributed by atoms with E-state index in [1.165, 1.54) is 9.25 Å². The van der Waals surface area contributed by atoms with Crippen LogP contribution in [0.3, 0.4) is 0 Å². The fourth-order valence-corrected chi connectivity index (χ4v) is 3.55. The highest BCUT2D eigenvalue weighted by atomic mass is 16.5. The molecule has 2 aromatic heterocycles. The Bertz CT molecular complexity index is 1150. The van der Waals surface area contributed by atoms with Crippen molar-refractivity contribution in [3.63, 3.8) is 0 Å². The Labute approximate surface area is 179 Å². The second kappa shape index (κ2) is 8.25. The van der Waals surface area contributed by atoms with Gasteiger partial charge in [0.2, 0.25) is 0 Å². The zero-order valence-electron chi connectivity index (χ0n) is 17.8. The molecule has 9 heteroatoms. The van der Waals surface area contributed by atoms with E-state index in [1.54, 1.807) is 31.4 Å². The van der Waals surface area contributed by atoms with Gasteiger partial charge in [-0.25, -0.2) is 9.48 Å². The first-order valence-electron chi connectivity index (χ1n) is 10.1. The second-order valence-corrected chi connectivity index (χ2v) is 8.02. The summed E-state index contributed by atoms with van der Waals surface area (Å²) in [6.07, 6.45) is 2.44. The van der Waals surface area contributed by atoms with Crippen molar-refractivity contribution in [2.24, 2.45) is 7.05 Å². The largest absolute Gasteiger partial charge is 0.483 e. The minimum absolute atomic E-state index is 0.142. The van der Waals surface area contributed by atoms with E-state index in [4.69, 9.17) is 9.47 Å². The first-order chi connectivity index (χ1) is 14.8. The Hall–Kier alpha value is -3.62. The molecule has 162 valence electrons. The molecule has 0 saturated carbocycles. The van der Waals surface area contributed by atoms with Crippen LogP contribution in [0.15, 0.2) is 47.4 Å². The molecular formula is C22H25N5O4. The molecule has 3 heterocycles. The van der Waals surface area contributed by atoms with Crippen LogP contribution in [0, 0.1) is 0 Å². The third-order valence-corrected chi connectivity index (χ3v) is 4.99. The van der Waals surface area contributed by atoms with Gasteiger partial charge < -0.3 is 14.8 Å². The lowest BCUT2D eigenvalue weighted by Gasteiger charge is -2.18. The van der Waals surface area contributed by atoms with Crippen molar-refractivity contribution in [1.82, 2.24) is 24.6 Å². The molecule has 0 unspecified atom stereocenters. The molecule has 0 atom stereocenters. The summed E-state index contributed by atoms with van der Waals surface area (Å²) in [5.41, 5.74) is 1.12. The van der Waals surface area contributed by atoms with Crippen molar-refractivity contribution in [3.8, 4) is 23.0 Å². The molecule has 1 aliphatic heterocycles. The van der Waals surface area contributed by atoms with Gasteiger partial charge in [-0.3, -0.25) is 14.3 Å². The average Bonchev–Trinajstić information content (AvgIpc) is 3.22. The highest BCUT2D eigenvalue weighted by molar-refractivity contribution is 5.77. The maximum atomic E-state index is 12.4. The molecule has 9 nitrogen and oxygen atoms in total. The third kappa shape index (κ3) is 4.45. The minimum Gasteiger partial charge on any atom is -0.483 e. The van der Waals surface area contributed by atoms with Crippen LogP contribution < -0.4 is 20.5 Å². The Balaban J connectivity index is 1.31. The maximum absolute atomic E-state index is 12.4. The van der Waals surface area contributed by atoms with Crippen LogP contribution in [-0.2, 0) is 24.8 Å². The van der Waals surface area contributed by atoms with E-state index in [-0.39, 0.29) is 36.9 Å². The van der Waals surface area contributed by atoms with E-state index in [0.717, 1.165) is 12.0 Å². The van der Waals surface area contributed by atoms with Crippen LogP contribution in [0.1, 0.15) is 19.4 Å². The Morgan fingerprint density at radius 2 is 2.10 bits per heavy atom. The molecule has 0 fully saturated rings. The predicted octanol–water partition coefficient (Wildman–Crippen LogP) is 1.55. The van der Waals surface area contributed by atoms with Gasteiger partial charge in [-0.2, -0.15) is 0 Å². The van der Waals surface area contributed by atoms with Crippen molar-refractivity contribution in [2.75, 3.05) is 13.2 Å². The molecule has 0 saturated heterocycles. The fourth-order valence-electron chi connectivity index (χ4n) is 3.55. The van der Waals surface area contributed by atoms with E-state index in [2.05, 4.69) is 15.4 Å². The van der Waals surface area contributed by atoms with E-state index < -0.39 is 0 Å². The molecule has 1 N–H and O–H groups in total. The molecule has 1 aromatic carbocycles. The summed E-state index contributed by atoms with van der Waals surface area (Å²) >= 11 is 0. The summed E-state index contributed by atoms with van der Waals surface area (Å²) < 4.78 is 14.4. The highest BCUT2D eigenvalue weighted by Gasteiger charge is 2.32. The van der Waals surface area contributed by atoms with Crippen LogP contribution in [0.2, 0.25) is 0 Å². The molecule has 31 heavy (non-hydrogen) atoms. The molecule has 0 radical (unpaired) electrons. The van der Waals surface area contributed by atoms with Crippen molar-refractivity contribution in [2.45, 2.75) is 32.4 Å². The fraction of sp³-hybridized carbons (Fsp3) is 0.364. The van der Waals surface area contributed by atoms with Crippen molar-refractivity contribution >= 4 is 5.91 Å². The lowest BCUT2D eigenvalue weighted by atomic mass is 10.0. The number of amides is 1. The number of ether oxygens (including phenoxy) is 2. The van der Waals surface area contributed by atoms with Gasteiger partial charge in [0.1, 0.15) is 11.3 Å². The summed E-state index contributed by atoms with van der Waals surface area (Å²) in [6.45, 7) is 4.38. The SMILES string of the molecule is Cn1c(-c2ccccn2)nn(CCNC(=O)COc2cccc3c2OC(C)(C)C3)c1=O. The molecule has 1 aliphatic rings. The molecule has 1 amide bonds. The Morgan fingerprint density at radius 3 is 2.87 bits per heavy atom. The molecule has 0 aliphatic carbocycles. The average molecular weight is 423 g/mol. The molecule has 4 rings (SSSR count). The van der Waals surface area contributed by atoms with Gasteiger partial charge in [0.25, 0.3) is 5.91 Å². The summed E-state index contributed by atoms with van der Waals surface area (Å²) in [7, 11) is 1.64. The van der Waals surface area contributed by atoms with Crippen LogP contribution in [0.5, 0.6) is 11.5 Å². The zero-order chi connectivity index (χ0) is 22.0. The number of para-hydroxylation sites is 1. The van der Waals surface area contributed by atoms with Crippen LogP contribution >= 0.6 is 0 Å². The smallest absolute Gasteiger partial charge is 0.346 e. The van der Waals surface area contributed by atoms with E-state index in [9.17, 15) is 9.59 Å². The minimum atomic E-state index is -0.288. The van der Waals surface area contributed by atoms with Crippen LogP contribution in [0.25, 0.3) is 11.5 Å². The predicted molar refractivity (Wildman–Crippen MR) is 114 cm³/mol. The maximum Gasteiger partial charge on any atom is 0.346 e. The van der Waals surface area contributed by atoms with Gasteiger partial charge >= 0.3 is 5.69 Å². The lowest BCUT2D eigenvalue weighted by Crippen LogP contribution is -2.34. The zero-order valence-corrected chi connectivity index (χ0v) is 17.8. The summed E-state index contributed by atoms with van der Waals surface area (Å²) in [5, 5.41) is 7.08. The van der Waals surface area contributed by atoms with E-state index >= 15 is 0 Å². The summed E-state index contributed by atoms with van der Waals surface area (Å²) in [6, 6.07) is 11.1. The van der Waals surface area contributed by atoms with Gasteiger partial charge in [-0.15, -0.1) is 5.10 Å². The lowest BCUT2D eigenvalue weighted by molar-refractivity contribution is -0.123. The van der Waals surface area contributed by atoms with Gasteiger partial charge in [0.05, 0.1) is 6.54 Å². The monoisotopic (exact) mass is 423 g/mol. The van der Waals surface area contributed by atoms with Crippen LogP contribution in [0.4, 0.5) is 0 Å². The van der Waals surface area contributed by atoms with Crippen molar-refractivity contribution < 1.29 is 14.3 Å². The number of carbonyl (C=O) groups is 1. The first kappa shape index (κ1) is 20.6. The van der Waals surface area contributed by atoms with Crippen molar-refractivity contribution in [1.29, 1.82) is 0 Å². The van der Waals surface area contributed by atoms with Crippen LogP contribution in [-0.4, -0.2) is 44.0 Å². The number of hydrogen-bond acceptors (Lipinski definition) is 6. The standard InChI is InChI=1S/C22H25N5O4/c1-22(2)13-15-7-6-9-17(19(15)31-22)30-14-18(28)24-11-12-27-21(29)26(3)20(25-27)16-8-4-5-10-23-16/h4-10H,11-14H2,1-3H3,(H,24,28). The number of hydrogen-bond donors (Lipinski definition) is 1. The first-order valence-corrected chi connectivity index (χ1v) is 10.1. The Morgan fingerprint density at radius 1 is 1.26 bits per heavy atom. The number of carbonyl (C=O) groups excluding carboxylic acids is 1. The van der Waals surface area contributed by atoms with Gasteiger partial charge in [0, 0.05) is 31.8 Å². The number of nitrogens with zero attached hydrogens (tertiary/aromatic N) is 4. The summed E-state index contributed by atoms with van der Waals surface area (Å²) in [5.74, 6) is 1.44. The third-order valence-electron chi connectivity index (χ3n) is 4.99. The number of aromatic nitrogens is 4. The molecule has 3 aromatic rings. The van der Waals surface area contributed by atoms with E-state index in [1.807, 2.05) is 32.0 Å². The van der Waals surface area contributed by atoms with Crippen molar-refractivity contribution in [3.05, 3.63) is 58.6 Å². The number of nitrogens with one attached hydrogen (secondary N) is 1. The van der Waals surface area contributed by atoms with Gasteiger partial charge in [0.15, 0.2) is 23.9 Å². The molecular weight excluding hydrogens is 398 g/mol. The summed E-state index contributed by atoms with van der Waals surface area (Å²) in [4.78, 5) is 28.8. The Kier molecular flexibility index (Phi) is 5.50. The topological polar surface area (TPSA) is 100 Å². The highest BCUT2D eigenvalue weighted by Crippen LogP contribution is 2.41. The quantitative estimate of drug-likeness (QED) is 0.619. The van der Waals surface area contributed by atoms with E-state index in [0.29, 0.717) is 23.0 Å². The van der Waals surface area contributed by atoms with Gasteiger partial charge in [-0.05, 0) is 32.0 Å². The number of benzene rings is 1. The van der Waals surface area contributed by atoms with Gasteiger partial charge in [-0.1, -0.05) is 18.2 Å². The second-order valence-electron chi connectivity index (χ2n) is 8.02. The number of fused-ring (bicyclic) bond motifs is 1. The molecule has 0 bridgehead atoms. The normalized spacial score (nSPS) is 14.0. The number of rotatable bonds is 7. The molecule has 0 spiro atoms.